The van der Waals surface area contributed by atoms with Crippen LogP contribution in [0.3, 0.4) is 0 Å². The number of phenols is 1. The van der Waals surface area contributed by atoms with E-state index in [-0.39, 0.29) is 24.1 Å². The summed E-state index contributed by atoms with van der Waals surface area (Å²) in [6, 6.07) is 11.7. The fraction of sp³-hybridized carbons (Fsp3) is 0.333. The van der Waals surface area contributed by atoms with Crippen LogP contribution in [-0.2, 0) is 16.1 Å². The standard InChI is InChI=1S/C24H27ClN4O5S/c1-24(2,3)34-22(32)28(4)13-21(31)26-17-7-5-6-15(10-17)12-29-23(33)35-14-19(27-29)18-11-16(25)8-9-20(18)30/h5-11,30H,12-14H2,1-4H3,(H,26,31). The lowest BCUT2D eigenvalue weighted by atomic mass is 10.1. The topological polar surface area (TPSA) is 112 Å². The van der Waals surface area contributed by atoms with Crippen LogP contribution in [0.1, 0.15) is 31.9 Å². The normalized spacial score (nSPS) is 13.8. The fourth-order valence-electron chi connectivity index (χ4n) is 3.13. The summed E-state index contributed by atoms with van der Waals surface area (Å²) in [5.41, 5.74) is 1.59. The number of benzene rings is 2. The van der Waals surface area contributed by atoms with Crippen LogP contribution in [0.15, 0.2) is 47.6 Å². The molecule has 1 heterocycles. The molecule has 0 bridgehead atoms. The molecular formula is C24H27ClN4O5S. The van der Waals surface area contributed by atoms with Crippen molar-refractivity contribution >= 4 is 52.0 Å². The summed E-state index contributed by atoms with van der Waals surface area (Å²) >= 11 is 7.12. The highest BCUT2D eigenvalue weighted by Gasteiger charge is 2.24. The Morgan fingerprint density at radius 1 is 1.26 bits per heavy atom. The van der Waals surface area contributed by atoms with Crippen LogP contribution in [0.4, 0.5) is 15.3 Å². The molecule has 0 unspecified atom stereocenters. The number of carbonyl (C=O) groups excluding carboxylic acids is 3. The highest BCUT2D eigenvalue weighted by molar-refractivity contribution is 8.14. The van der Waals surface area contributed by atoms with E-state index in [1.165, 1.54) is 23.0 Å². The van der Waals surface area contributed by atoms with Gasteiger partial charge in [0.2, 0.25) is 5.91 Å². The Kier molecular flexibility index (Phi) is 8.29. The molecule has 0 saturated heterocycles. The van der Waals surface area contributed by atoms with Crippen LogP contribution in [-0.4, -0.2) is 62.9 Å². The van der Waals surface area contributed by atoms with E-state index in [1.54, 1.807) is 57.2 Å². The van der Waals surface area contributed by atoms with Crippen molar-refractivity contribution in [3.63, 3.8) is 0 Å². The van der Waals surface area contributed by atoms with E-state index < -0.39 is 17.6 Å². The molecule has 0 fully saturated rings. The number of phenolic OH excluding ortho intramolecular Hbond substituents is 1. The molecule has 0 saturated carbocycles. The predicted molar refractivity (Wildman–Crippen MR) is 137 cm³/mol. The van der Waals surface area contributed by atoms with Gasteiger partial charge in [-0.3, -0.25) is 9.59 Å². The Hall–Kier alpha value is -3.24. The molecule has 0 aliphatic carbocycles. The first-order valence-electron chi connectivity index (χ1n) is 10.7. The number of ether oxygens (including phenoxy) is 1. The van der Waals surface area contributed by atoms with Gasteiger partial charge >= 0.3 is 11.3 Å². The molecule has 3 amide bonds. The maximum Gasteiger partial charge on any atom is 0.410 e. The molecule has 1 aliphatic rings. The second-order valence-corrected chi connectivity index (χ2v) is 10.3. The van der Waals surface area contributed by atoms with Crippen molar-refractivity contribution in [1.29, 1.82) is 0 Å². The maximum atomic E-state index is 12.4. The van der Waals surface area contributed by atoms with Crippen molar-refractivity contribution < 1.29 is 24.2 Å². The van der Waals surface area contributed by atoms with E-state index >= 15 is 0 Å². The zero-order valence-electron chi connectivity index (χ0n) is 19.9. The summed E-state index contributed by atoms with van der Waals surface area (Å²) < 4.78 is 5.25. The highest BCUT2D eigenvalue weighted by atomic mass is 35.5. The molecular weight excluding hydrogens is 492 g/mol. The first kappa shape index (κ1) is 26.4. The van der Waals surface area contributed by atoms with Crippen molar-refractivity contribution in [1.82, 2.24) is 9.91 Å². The van der Waals surface area contributed by atoms with Crippen LogP contribution >= 0.6 is 23.4 Å². The maximum absolute atomic E-state index is 12.4. The number of carbonyl (C=O) groups is 3. The van der Waals surface area contributed by atoms with Gasteiger partial charge in [0.15, 0.2) is 0 Å². The third kappa shape index (κ3) is 7.63. The number of aromatic hydroxyl groups is 1. The molecule has 2 aromatic rings. The third-order valence-corrected chi connectivity index (χ3v) is 5.79. The van der Waals surface area contributed by atoms with Gasteiger partial charge in [0, 0.05) is 29.1 Å². The monoisotopic (exact) mass is 518 g/mol. The third-order valence-electron chi connectivity index (χ3n) is 4.68. The van der Waals surface area contributed by atoms with Crippen molar-refractivity contribution in [2.75, 3.05) is 24.7 Å². The summed E-state index contributed by atoms with van der Waals surface area (Å²) in [6.45, 7) is 5.23. The van der Waals surface area contributed by atoms with Gasteiger partial charge in [0.25, 0.3) is 0 Å². The largest absolute Gasteiger partial charge is 0.507 e. The Labute approximate surface area is 213 Å². The Balaban J connectivity index is 1.67. The number of halogens is 1. The van der Waals surface area contributed by atoms with Gasteiger partial charge in [0.05, 0.1) is 12.3 Å². The lowest BCUT2D eigenvalue weighted by molar-refractivity contribution is -0.117. The number of amides is 3. The van der Waals surface area contributed by atoms with E-state index in [0.29, 0.717) is 27.7 Å². The smallest absolute Gasteiger partial charge is 0.410 e. The minimum atomic E-state index is -0.659. The molecule has 1 aliphatic heterocycles. The van der Waals surface area contributed by atoms with Gasteiger partial charge in [0.1, 0.15) is 17.9 Å². The van der Waals surface area contributed by atoms with E-state index in [1.807, 2.05) is 0 Å². The Morgan fingerprint density at radius 3 is 2.71 bits per heavy atom. The molecule has 11 heteroatoms. The van der Waals surface area contributed by atoms with Gasteiger partial charge in [-0.25, -0.2) is 9.80 Å². The predicted octanol–water partition coefficient (Wildman–Crippen LogP) is 4.92. The van der Waals surface area contributed by atoms with Crippen LogP contribution in [0, 0.1) is 0 Å². The number of hydrogen-bond donors (Lipinski definition) is 2. The molecule has 0 radical (unpaired) electrons. The number of thioether (sulfide) groups is 1. The molecule has 2 aromatic carbocycles. The molecule has 0 atom stereocenters. The van der Waals surface area contributed by atoms with Crippen LogP contribution < -0.4 is 5.32 Å². The number of nitrogens with zero attached hydrogens (tertiary/aromatic N) is 3. The molecule has 3 rings (SSSR count). The van der Waals surface area contributed by atoms with E-state index in [0.717, 1.165) is 17.3 Å². The summed E-state index contributed by atoms with van der Waals surface area (Å²) in [7, 11) is 1.48. The Bertz CT molecular complexity index is 1160. The molecule has 35 heavy (non-hydrogen) atoms. The average Bonchev–Trinajstić information content (AvgIpc) is 2.76. The van der Waals surface area contributed by atoms with Gasteiger partial charge in [-0.1, -0.05) is 35.5 Å². The second-order valence-electron chi connectivity index (χ2n) is 8.91. The van der Waals surface area contributed by atoms with Crippen LogP contribution in [0.2, 0.25) is 5.02 Å². The summed E-state index contributed by atoms with van der Waals surface area (Å²) in [5.74, 6) is -0.0502. The van der Waals surface area contributed by atoms with Gasteiger partial charge in [-0.15, -0.1) is 0 Å². The quantitative estimate of drug-likeness (QED) is 0.561. The number of anilines is 1. The van der Waals surface area contributed by atoms with Crippen molar-refractivity contribution in [3.8, 4) is 5.75 Å². The average molecular weight is 519 g/mol. The Morgan fingerprint density at radius 2 is 2.00 bits per heavy atom. The number of rotatable bonds is 6. The lowest BCUT2D eigenvalue weighted by Crippen LogP contribution is -2.38. The molecule has 0 aromatic heterocycles. The van der Waals surface area contributed by atoms with Crippen molar-refractivity contribution in [2.24, 2.45) is 5.10 Å². The van der Waals surface area contributed by atoms with E-state index in [2.05, 4.69) is 10.4 Å². The number of hydrazone groups is 1. The fourth-order valence-corrected chi connectivity index (χ4v) is 4.03. The molecule has 186 valence electrons. The minimum Gasteiger partial charge on any atom is -0.507 e. The number of hydrogen-bond acceptors (Lipinski definition) is 7. The minimum absolute atomic E-state index is 0.0316. The summed E-state index contributed by atoms with van der Waals surface area (Å²) in [4.78, 5) is 38.1. The number of nitrogens with one attached hydrogen (secondary N) is 1. The number of likely N-dealkylation sites (N-methyl/N-ethyl adjacent to an activating group) is 1. The van der Waals surface area contributed by atoms with Crippen molar-refractivity contribution in [2.45, 2.75) is 32.9 Å². The van der Waals surface area contributed by atoms with Crippen LogP contribution in [0.5, 0.6) is 5.75 Å². The summed E-state index contributed by atoms with van der Waals surface area (Å²) in [5, 5.41) is 18.9. The lowest BCUT2D eigenvalue weighted by Gasteiger charge is -2.24. The second kappa shape index (κ2) is 11.0. The van der Waals surface area contributed by atoms with Crippen molar-refractivity contribution in [3.05, 3.63) is 58.6 Å². The van der Waals surface area contributed by atoms with Gasteiger partial charge in [-0.05, 0) is 56.7 Å². The first-order chi connectivity index (χ1) is 16.4. The molecule has 0 spiro atoms. The molecule has 9 nitrogen and oxygen atoms in total. The summed E-state index contributed by atoms with van der Waals surface area (Å²) in [6.07, 6.45) is -0.595. The van der Waals surface area contributed by atoms with E-state index in [9.17, 15) is 19.5 Å². The zero-order valence-corrected chi connectivity index (χ0v) is 21.4. The van der Waals surface area contributed by atoms with Gasteiger partial charge < -0.3 is 20.1 Å². The molecule has 2 N–H and O–H groups in total. The SMILES string of the molecule is CN(CC(=O)Nc1cccc(CN2N=C(c3cc(Cl)ccc3O)CSC2=O)c1)C(=O)OC(C)(C)C. The van der Waals surface area contributed by atoms with E-state index in [4.69, 9.17) is 16.3 Å². The highest BCUT2D eigenvalue weighted by Crippen LogP contribution is 2.28. The first-order valence-corrected chi connectivity index (χ1v) is 12.1. The van der Waals surface area contributed by atoms with Crippen LogP contribution in [0.25, 0.3) is 0 Å². The zero-order chi connectivity index (χ0) is 25.8. The van der Waals surface area contributed by atoms with Gasteiger partial charge in [-0.2, -0.15) is 5.10 Å².